The lowest BCUT2D eigenvalue weighted by atomic mass is 10.0. The zero-order valence-corrected chi connectivity index (χ0v) is 15.9. The van der Waals surface area contributed by atoms with Crippen molar-refractivity contribution in [2.45, 2.75) is 32.9 Å². The third-order valence-corrected chi connectivity index (χ3v) is 4.54. The maximum absolute atomic E-state index is 13.1. The van der Waals surface area contributed by atoms with E-state index < -0.39 is 0 Å². The molecule has 140 valence electrons. The number of ether oxygens (including phenoxy) is 1. The second-order valence-corrected chi connectivity index (χ2v) is 6.61. The molecule has 1 amide bonds. The first kappa shape index (κ1) is 18.7. The van der Waals surface area contributed by atoms with Gasteiger partial charge in [0.2, 0.25) is 0 Å². The summed E-state index contributed by atoms with van der Waals surface area (Å²) in [7, 11) is 1.66. The molecule has 1 heterocycles. The van der Waals surface area contributed by atoms with Crippen LogP contribution in [0.3, 0.4) is 0 Å². The summed E-state index contributed by atoms with van der Waals surface area (Å²) in [5.74, 6) is 1.31. The Kier molecular flexibility index (Phi) is 5.91. The van der Waals surface area contributed by atoms with Crippen LogP contribution < -0.4 is 4.74 Å². The van der Waals surface area contributed by atoms with Crippen LogP contribution in [0.15, 0.2) is 65.2 Å². The number of nitrogens with zero attached hydrogens (tertiary/aromatic N) is 2. The fourth-order valence-corrected chi connectivity index (χ4v) is 3.12. The molecule has 5 heteroatoms. The Hall–Kier alpha value is -3.08. The number of carbonyl (C=O) groups is 1. The minimum Gasteiger partial charge on any atom is -0.496 e. The molecule has 0 saturated heterocycles. The monoisotopic (exact) mass is 364 g/mol. The molecule has 0 bridgehead atoms. The van der Waals surface area contributed by atoms with Gasteiger partial charge in [0.1, 0.15) is 11.5 Å². The van der Waals surface area contributed by atoms with Crippen LogP contribution in [0.25, 0.3) is 0 Å². The Morgan fingerprint density at radius 2 is 1.85 bits per heavy atom. The van der Waals surface area contributed by atoms with Gasteiger partial charge >= 0.3 is 0 Å². The van der Waals surface area contributed by atoms with E-state index in [9.17, 15) is 4.79 Å². The van der Waals surface area contributed by atoms with E-state index in [4.69, 9.17) is 9.26 Å². The van der Waals surface area contributed by atoms with Gasteiger partial charge in [0.05, 0.1) is 7.11 Å². The molecule has 1 atom stereocenters. The molecular weight excluding hydrogens is 340 g/mol. The molecule has 0 fully saturated rings. The zero-order chi connectivity index (χ0) is 19.2. The Morgan fingerprint density at radius 3 is 2.52 bits per heavy atom. The molecule has 0 saturated carbocycles. The van der Waals surface area contributed by atoms with Crippen molar-refractivity contribution in [2.75, 3.05) is 7.11 Å². The molecule has 1 unspecified atom stereocenters. The van der Waals surface area contributed by atoms with Gasteiger partial charge in [0.25, 0.3) is 5.91 Å². The molecular formula is C22H24N2O3. The number of aromatic nitrogens is 1. The lowest BCUT2D eigenvalue weighted by Crippen LogP contribution is -2.39. The number of benzene rings is 2. The predicted molar refractivity (Wildman–Crippen MR) is 104 cm³/mol. The van der Waals surface area contributed by atoms with E-state index in [1.165, 1.54) is 0 Å². The fraction of sp³-hybridized carbons (Fsp3) is 0.273. The maximum Gasteiger partial charge on any atom is 0.276 e. The van der Waals surface area contributed by atoms with E-state index in [-0.39, 0.29) is 11.9 Å². The smallest absolute Gasteiger partial charge is 0.276 e. The van der Waals surface area contributed by atoms with Crippen molar-refractivity contribution in [1.29, 1.82) is 0 Å². The molecule has 1 aromatic heterocycles. The summed E-state index contributed by atoms with van der Waals surface area (Å²) < 4.78 is 10.6. The van der Waals surface area contributed by atoms with Crippen molar-refractivity contribution in [3.8, 4) is 5.75 Å². The number of carbonyl (C=O) groups excluding carboxylic acids is 1. The van der Waals surface area contributed by atoms with Crippen LogP contribution in [0, 0.1) is 6.92 Å². The molecule has 27 heavy (non-hydrogen) atoms. The van der Waals surface area contributed by atoms with Crippen molar-refractivity contribution in [1.82, 2.24) is 10.1 Å². The van der Waals surface area contributed by atoms with Crippen molar-refractivity contribution in [3.63, 3.8) is 0 Å². The maximum atomic E-state index is 13.1. The number of para-hydroxylation sites is 1. The highest BCUT2D eigenvalue weighted by Crippen LogP contribution is 2.22. The lowest BCUT2D eigenvalue weighted by Gasteiger charge is -2.29. The number of amides is 1. The zero-order valence-electron chi connectivity index (χ0n) is 15.9. The summed E-state index contributed by atoms with van der Waals surface area (Å²) in [6, 6.07) is 19.5. The summed E-state index contributed by atoms with van der Waals surface area (Å²) in [5.41, 5.74) is 2.46. The highest BCUT2D eigenvalue weighted by molar-refractivity contribution is 5.92. The molecule has 0 aliphatic carbocycles. The first-order valence-electron chi connectivity index (χ1n) is 8.98. The highest BCUT2D eigenvalue weighted by atomic mass is 16.5. The Balaban J connectivity index is 1.87. The third-order valence-electron chi connectivity index (χ3n) is 4.54. The van der Waals surface area contributed by atoms with Crippen molar-refractivity contribution in [2.24, 2.45) is 0 Å². The average Bonchev–Trinajstić information content (AvgIpc) is 3.13. The SMILES string of the molecule is COc1ccccc1CC(C)N(Cc1ccccc1)C(=O)c1cc(C)on1. The first-order chi connectivity index (χ1) is 13.1. The third kappa shape index (κ3) is 4.56. The van der Waals surface area contributed by atoms with Gasteiger partial charge in [-0.05, 0) is 37.5 Å². The van der Waals surface area contributed by atoms with E-state index in [2.05, 4.69) is 5.16 Å². The first-order valence-corrected chi connectivity index (χ1v) is 8.98. The second kappa shape index (κ2) is 8.54. The molecule has 0 aliphatic rings. The Morgan fingerprint density at radius 1 is 1.15 bits per heavy atom. The van der Waals surface area contributed by atoms with E-state index in [0.29, 0.717) is 24.4 Å². The van der Waals surface area contributed by atoms with Crippen LogP contribution in [0.4, 0.5) is 0 Å². The van der Waals surface area contributed by atoms with Gasteiger partial charge in [0, 0.05) is 18.7 Å². The fourth-order valence-electron chi connectivity index (χ4n) is 3.12. The van der Waals surface area contributed by atoms with Crippen molar-refractivity contribution in [3.05, 3.63) is 83.2 Å². The largest absolute Gasteiger partial charge is 0.496 e. The minimum absolute atomic E-state index is 0.0500. The van der Waals surface area contributed by atoms with Crippen molar-refractivity contribution < 1.29 is 14.1 Å². The Labute approximate surface area is 159 Å². The molecule has 3 rings (SSSR count). The summed E-state index contributed by atoms with van der Waals surface area (Å²) in [6.07, 6.45) is 0.680. The van der Waals surface area contributed by atoms with Crippen molar-refractivity contribution >= 4 is 5.91 Å². The van der Waals surface area contributed by atoms with E-state index in [1.807, 2.05) is 66.4 Å². The predicted octanol–water partition coefficient (Wildman–Crippen LogP) is 4.27. The van der Waals surface area contributed by atoms with E-state index >= 15 is 0 Å². The van der Waals surface area contributed by atoms with Gasteiger partial charge in [-0.2, -0.15) is 0 Å². The average molecular weight is 364 g/mol. The molecule has 3 aromatic rings. The molecule has 0 aliphatic heterocycles. The molecule has 0 spiro atoms. The summed E-state index contributed by atoms with van der Waals surface area (Å²) in [5, 5.41) is 3.91. The number of rotatable bonds is 7. The van der Waals surface area contributed by atoms with E-state index in [1.54, 1.807) is 20.1 Å². The summed E-state index contributed by atoms with van der Waals surface area (Å²) >= 11 is 0. The van der Waals surface area contributed by atoms with Gasteiger partial charge in [-0.3, -0.25) is 4.79 Å². The van der Waals surface area contributed by atoms with Crippen LogP contribution in [-0.2, 0) is 13.0 Å². The molecule has 2 aromatic carbocycles. The molecule has 5 nitrogen and oxygen atoms in total. The second-order valence-electron chi connectivity index (χ2n) is 6.61. The van der Waals surface area contributed by atoms with Crippen LogP contribution in [0.1, 0.15) is 34.3 Å². The van der Waals surface area contributed by atoms with E-state index in [0.717, 1.165) is 16.9 Å². The Bertz CT molecular complexity index is 889. The summed E-state index contributed by atoms with van der Waals surface area (Å²) in [4.78, 5) is 15.0. The standard InChI is InChI=1S/C22H24N2O3/c1-16(13-19-11-7-8-12-21(19)26-3)24(15-18-9-5-4-6-10-18)22(25)20-14-17(2)27-23-20/h4-12,14,16H,13,15H2,1-3H3. The lowest BCUT2D eigenvalue weighted by molar-refractivity contribution is 0.0664. The highest BCUT2D eigenvalue weighted by Gasteiger charge is 2.25. The topological polar surface area (TPSA) is 55.6 Å². The molecule has 0 N–H and O–H groups in total. The number of hydrogen-bond donors (Lipinski definition) is 0. The van der Waals surface area contributed by atoms with Gasteiger partial charge in [-0.25, -0.2) is 0 Å². The van der Waals surface area contributed by atoms with Gasteiger partial charge in [0.15, 0.2) is 5.69 Å². The number of methoxy groups -OCH3 is 1. The summed E-state index contributed by atoms with van der Waals surface area (Å²) in [6.45, 7) is 4.33. The quantitative estimate of drug-likeness (QED) is 0.628. The van der Waals surface area contributed by atoms with Crippen LogP contribution in [0.5, 0.6) is 5.75 Å². The van der Waals surface area contributed by atoms with Crippen LogP contribution >= 0.6 is 0 Å². The number of hydrogen-bond acceptors (Lipinski definition) is 4. The van der Waals surface area contributed by atoms with Gasteiger partial charge in [-0.1, -0.05) is 53.7 Å². The molecule has 0 radical (unpaired) electrons. The minimum atomic E-state index is -0.141. The van der Waals surface area contributed by atoms with Crippen LogP contribution in [-0.4, -0.2) is 29.1 Å². The van der Waals surface area contributed by atoms with Gasteiger partial charge < -0.3 is 14.2 Å². The normalized spacial score (nSPS) is 11.8. The van der Waals surface area contributed by atoms with Crippen LogP contribution in [0.2, 0.25) is 0 Å². The van der Waals surface area contributed by atoms with Gasteiger partial charge in [-0.15, -0.1) is 0 Å². The number of aryl methyl sites for hydroxylation is 1.